The summed E-state index contributed by atoms with van der Waals surface area (Å²) in [5.74, 6) is 1.54. The molecule has 1 aliphatic carbocycles. The molecule has 28 heavy (non-hydrogen) atoms. The molecule has 5 nitrogen and oxygen atoms in total. The number of carbonyl (C=O) groups is 1. The van der Waals surface area contributed by atoms with Crippen molar-refractivity contribution >= 4 is 5.91 Å². The number of methoxy groups -OCH3 is 1. The number of ether oxygens (including phenoxy) is 1. The first kappa shape index (κ1) is 21.1. The largest absolute Gasteiger partial charge is 0.496 e. The van der Waals surface area contributed by atoms with Crippen LogP contribution >= 0.6 is 0 Å². The van der Waals surface area contributed by atoms with Crippen molar-refractivity contribution in [1.82, 2.24) is 9.80 Å². The van der Waals surface area contributed by atoms with Gasteiger partial charge in [-0.25, -0.2) is 0 Å². The molecule has 1 aliphatic heterocycles. The van der Waals surface area contributed by atoms with Crippen molar-refractivity contribution in [2.75, 3.05) is 27.2 Å². The highest BCUT2D eigenvalue weighted by molar-refractivity contribution is 5.97. The molecule has 0 aromatic heterocycles. The van der Waals surface area contributed by atoms with E-state index in [4.69, 9.17) is 10.5 Å². The molecule has 2 N–H and O–H groups in total. The average molecular weight is 388 g/mol. The van der Waals surface area contributed by atoms with Gasteiger partial charge in [-0.1, -0.05) is 13.0 Å². The first-order valence-electron chi connectivity index (χ1n) is 10.9. The summed E-state index contributed by atoms with van der Waals surface area (Å²) in [7, 11) is 3.55. The SMILES string of the molecule is COc1ccc([C@H](C)N)cc1C(=O)N(C)C1CCN(C2CCC(C)CC2)CC1. The highest BCUT2D eigenvalue weighted by Gasteiger charge is 2.31. The molecular formula is C23H37N3O2. The summed E-state index contributed by atoms with van der Waals surface area (Å²) < 4.78 is 5.45. The predicted molar refractivity (Wildman–Crippen MR) is 114 cm³/mol. The van der Waals surface area contributed by atoms with Gasteiger partial charge in [-0.3, -0.25) is 4.79 Å². The maximum atomic E-state index is 13.2. The maximum Gasteiger partial charge on any atom is 0.257 e. The second-order valence-corrected chi connectivity index (χ2v) is 8.85. The van der Waals surface area contributed by atoms with Crippen LogP contribution in [0.3, 0.4) is 0 Å². The highest BCUT2D eigenvalue weighted by atomic mass is 16.5. The summed E-state index contributed by atoms with van der Waals surface area (Å²) in [6, 6.07) is 6.61. The minimum atomic E-state index is -0.107. The first-order chi connectivity index (χ1) is 13.4. The molecule has 3 rings (SSSR count). The lowest BCUT2D eigenvalue weighted by Gasteiger charge is -2.42. The molecule has 1 heterocycles. The van der Waals surface area contributed by atoms with Crippen molar-refractivity contribution < 1.29 is 9.53 Å². The van der Waals surface area contributed by atoms with E-state index in [1.807, 2.05) is 37.1 Å². The fourth-order valence-corrected chi connectivity index (χ4v) is 4.78. The molecule has 0 unspecified atom stereocenters. The van der Waals surface area contributed by atoms with Crippen LogP contribution in [-0.2, 0) is 0 Å². The van der Waals surface area contributed by atoms with Crippen LogP contribution in [0.1, 0.15) is 74.3 Å². The Morgan fingerprint density at radius 1 is 1.18 bits per heavy atom. The van der Waals surface area contributed by atoms with Gasteiger partial charge in [0.05, 0.1) is 12.7 Å². The van der Waals surface area contributed by atoms with Crippen molar-refractivity contribution in [2.45, 2.75) is 70.5 Å². The smallest absolute Gasteiger partial charge is 0.257 e. The van der Waals surface area contributed by atoms with Crippen molar-refractivity contribution in [2.24, 2.45) is 11.7 Å². The minimum Gasteiger partial charge on any atom is -0.496 e. The molecular weight excluding hydrogens is 350 g/mol. The van der Waals surface area contributed by atoms with Crippen LogP contribution in [0.25, 0.3) is 0 Å². The van der Waals surface area contributed by atoms with Crippen LogP contribution in [0.4, 0.5) is 0 Å². The number of piperidine rings is 1. The molecule has 2 fully saturated rings. The van der Waals surface area contributed by atoms with E-state index < -0.39 is 0 Å². The Kier molecular flexibility index (Phi) is 7.00. The van der Waals surface area contributed by atoms with Gasteiger partial charge in [0, 0.05) is 38.3 Å². The summed E-state index contributed by atoms with van der Waals surface area (Å²) in [5.41, 5.74) is 7.59. The number of carbonyl (C=O) groups excluding carboxylic acids is 1. The third-order valence-corrected chi connectivity index (χ3v) is 6.85. The number of rotatable bonds is 5. The maximum absolute atomic E-state index is 13.2. The summed E-state index contributed by atoms with van der Waals surface area (Å²) in [5, 5.41) is 0. The van der Waals surface area contributed by atoms with Crippen LogP contribution in [0, 0.1) is 5.92 Å². The van der Waals surface area contributed by atoms with E-state index in [9.17, 15) is 4.79 Å². The van der Waals surface area contributed by atoms with Crippen molar-refractivity contribution in [3.63, 3.8) is 0 Å². The van der Waals surface area contributed by atoms with Crippen LogP contribution in [0.5, 0.6) is 5.75 Å². The molecule has 0 radical (unpaired) electrons. The number of hydrogen-bond donors (Lipinski definition) is 1. The van der Waals surface area contributed by atoms with Gasteiger partial charge in [0.15, 0.2) is 0 Å². The average Bonchev–Trinajstić information content (AvgIpc) is 2.72. The van der Waals surface area contributed by atoms with Crippen molar-refractivity contribution in [3.8, 4) is 5.75 Å². The van der Waals surface area contributed by atoms with E-state index in [0.717, 1.165) is 43.5 Å². The number of nitrogens with two attached hydrogens (primary N) is 1. The van der Waals surface area contributed by atoms with Gasteiger partial charge in [0.2, 0.25) is 0 Å². The van der Waals surface area contributed by atoms with Gasteiger partial charge in [-0.15, -0.1) is 0 Å². The Morgan fingerprint density at radius 2 is 1.82 bits per heavy atom. The highest BCUT2D eigenvalue weighted by Crippen LogP contribution is 2.30. The van der Waals surface area contributed by atoms with Gasteiger partial charge in [-0.05, 0) is 69.1 Å². The van der Waals surface area contributed by atoms with Crippen molar-refractivity contribution in [1.29, 1.82) is 0 Å². The third-order valence-electron chi connectivity index (χ3n) is 6.85. The van der Waals surface area contributed by atoms with Crippen LogP contribution in [-0.4, -0.2) is 55.0 Å². The number of likely N-dealkylation sites (tertiary alicyclic amines) is 1. The van der Waals surface area contributed by atoms with E-state index in [1.54, 1.807) is 7.11 Å². The zero-order valence-corrected chi connectivity index (χ0v) is 18.0. The standard InChI is InChI=1S/C23H37N3O2/c1-16-5-8-20(9-6-16)26-13-11-19(12-14-26)25(3)23(27)21-15-18(17(2)24)7-10-22(21)28-4/h7,10,15-17,19-20H,5-6,8-9,11-14,24H2,1-4H3/t16?,17-,20?/m0/s1. The fraction of sp³-hybridized carbons (Fsp3) is 0.696. The summed E-state index contributed by atoms with van der Waals surface area (Å²) >= 11 is 0. The van der Waals surface area contributed by atoms with Gasteiger partial charge in [0.25, 0.3) is 5.91 Å². The Morgan fingerprint density at radius 3 is 2.39 bits per heavy atom. The first-order valence-corrected chi connectivity index (χ1v) is 10.9. The van der Waals surface area contributed by atoms with Gasteiger partial charge in [-0.2, -0.15) is 0 Å². The number of nitrogens with zero attached hydrogens (tertiary/aromatic N) is 2. The predicted octanol–water partition coefficient (Wildman–Crippen LogP) is 3.83. The number of benzene rings is 1. The van der Waals surface area contributed by atoms with E-state index in [1.165, 1.54) is 25.7 Å². The zero-order chi connectivity index (χ0) is 20.3. The Hall–Kier alpha value is -1.59. The molecule has 5 heteroatoms. The quantitative estimate of drug-likeness (QED) is 0.834. The monoisotopic (exact) mass is 387 g/mol. The molecule has 1 aromatic carbocycles. The van der Waals surface area contributed by atoms with E-state index in [0.29, 0.717) is 11.3 Å². The van der Waals surface area contributed by atoms with Gasteiger partial charge < -0.3 is 20.3 Å². The summed E-state index contributed by atoms with van der Waals surface area (Å²) in [6.07, 6.45) is 7.48. The molecule has 0 bridgehead atoms. The molecule has 1 aromatic rings. The molecule has 0 spiro atoms. The van der Waals surface area contributed by atoms with E-state index in [2.05, 4.69) is 11.8 Å². The number of hydrogen-bond acceptors (Lipinski definition) is 4. The van der Waals surface area contributed by atoms with Crippen LogP contribution in [0.15, 0.2) is 18.2 Å². The lowest BCUT2D eigenvalue weighted by Crippen LogP contribution is -2.49. The van der Waals surface area contributed by atoms with Crippen molar-refractivity contribution in [3.05, 3.63) is 29.3 Å². The topological polar surface area (TPSA) is 58.8 Å². The molecule has 156 valence electrons. The lowest BCUT2D eigenvalue weighted by molar-refractivity contribution is 0.0537. The van der Waals surface area contributed by atoms with Crippen LogP contribution < -0.4 is 10.5 Å². The Bertz CT molecular complexity index is 660. The fourth-order valence-electron chi connectivity index (χ4n) is 4.78. The zero-order valence-electron chi connectivity index (χ0n) is 18.0. The van der Waals surface area contributed by atoms with E-state index in [-0.39, 0.29) is 18.0 Å². The van der Waals surface area contributed by atoms with Gasteiger partial charge >= 0.3 is 0 Å². The molecule has 1 saturated heterocycles. The molecule has 1 amide bonds. The summed E-state index contributed by atoms with van der Waals surface area (Å²) in [4.78, 5) is 17.8. The molecule has 1 saturated carbocycles. The second-order valence-electron chi connectivity index (χ2n) is 8.85. The normalized spacial score (nSPS) is 25.3. The minimum absolute atomic E-state index is 0.0318. The Balaban J connectivity index is 1.62. The second kappa shape index (κ2) is 9.27. The summed E-state index contributed by atoms with van der Waals surface area (Å²) in [6.45, 7) is 6.50. The number of amides is 1. The molecule has 2 aliphatic rings. The van der Waals surface area contributed by atoms with E-state index >= 15 is 0 Å². The molecule has 1 atom stereocenters. The third kappa shape index (κ3) is 4.69. The lowest BCUT2D eigenvalue weighted by atomic mass is 9.85. The van der Waals surface area contributed by atoms with Gasteiger partial charge in [0.1, 0.15) is 5.75 Å². The van der Waals surface area contributed by atoms with Crippen LogP contribution in [0.2, 0.25) is 0 Å². The Labute approximate surface area is 170 Å².